The predicted molar refractivity (Wildman–Crippen MR) is 41.4 cm³/mol. The summed E-state index contributed by atoms with van der Waals surface area (Å²) in [5.74, 6) is 0.531. The maximum absolute atomic E-state index is 11.0. The van der Waals surface area contributed by atoms with Crippen molar-refractivity contribution in [2.24, 2.45) is 7.05 Å². The molecule has 0 aliphatic rings. The highest BCUT2D eigenvalue weighted by atomic mass is 16.1. The number of hydrogen-bond donors (Lipinski definition) is 1. The molecule has 0 aromatic carbocycles. The average Bonchev–Trinajstić information content (AvgIpc) is 2.36. The van der Waals surface area contributed by atoms with Crippen LogP contribution in [0.5, 0.6) is 0 Å². The quantitative estimate of drug-likeness (QED) is 0.596. The summed E-state index contributed by atoms with van der Waals surface area (Å²) in [6, 6.07) is 0. The van der Waals surface area contributed by atoms with Gasteiger partial charge in [-0.2, -0.15) is 4.80 Å². The molecular formula is C6H11N5O. The highest BCUT2D eigenvalue weighted by molar-refractivity contribution is 5.81. The van der Waals surface area contributed by atoms with E-state index in [0.717, 1.165) is 0 Å². The minimum atomic E-state index is 0.0606. The summed E-state index contributed by atoms with van der Waals surface area (Å²) in [5.41, 5.74) is 0. The summed E-state index contributed by atoms with van der Waals surface area (Å²) in [5, 5.41) is 13.9. The maximum atomic E-state index is 11.0. The number of nitrogens with zero attached hydrogens (tertiary/aromatic N) is 4. The van der Waals surface area contributed by atoms with Crippen molar-refractivity contribution >= 4 is 5.78 Å². The molecular weight excluding hydrogens is 158 g/mol. The summed E-state index contributed by atoms with van der Waals surface area (Å²) in [6.45, 7) is 0.345. The number of carbonyl (C=O) groups excluding carboxylic acids is 1. The molecule has 0 amide bonds. The molecule has 1 aromatic rings. The molecule has 1 aromatic heterocycles. The van der Waals surface area contributed by atoms with Gasteiger partial charge in [0.05, 0.1) is 20.0 Å². The summed E-state index contributed by atoms with van der Waals surface area (Å²) in [7, 11) is 3.39. The largest absolute Gasteiger partial charge is 0.313 e. The average molecular weight is 169 g/mol. The van der Waals surface area contributed by atoms with Gasteiger partial charge in [0, 0.05) is 0 Å². The van der Waals surface area contributed by atoms with Crippen molar-refractivity contribution in [1.29, 1.82) is 0 Å². The van der Waals surface area contributed by atoms with E-state index < -0.39 is 0 Å². The molecule has 1 heterocycles. The second-order valence-corrected chi connectivity index (χ2v) is 2.44. The van der Waals surface area contributed by atoms with Gasteiger partial charge in [-0.3, -0.25) is 4.79 Å². The molecule has 0 atom stereocenters. The highest BCUT2D eigenvalue weighted by Gasteiger charge is 2.06. The minimum absolute atomic E-state index is 0.0606. The lowest BCUT2D eigenvalue weighted by atomic mass is 10.3. The van der Waals surface area contributed by atoms with Crippen LogP contribution in [0.2, 0.25) is 0 Å². The molecule has 0 aliphatic heterocycles. The van der Waals surface area contributed by atoms with Gasteiger partial charge in [0.2, 0.25) is 0 Å². The van der Waals surface area contributed by atoms with E-state index in [1.807, 2.05) is 0 Å². The molecule has 66 valence electrons. The van der Waals surface area contributed by atoms with E-state index in [4.69, 9.17) is 0 Å². The molecule has 1 rings (SSSR count). The number of likely N-dealkylation sites (N-methyl/N-ethyl adjacent to an activating group) is 1. The fourth-order valence-corrected chi connectivity index (χ4v) is 0.830. The van der Waals surface area contributed by atoms with Crippen LogP contribution in [0.1, 0.15) is 5.82 Å². The third-order valence-electron chi connectivity index (χ3n) is 1.28. The van der Waals surface area contributed by atoms with Crippen LogP contribution < -0.4 is 5.32 Å². The zero-order chi connectivity index (χ0) is 8.97. The van der Waals surface area contributed by atoms with Crippen LogP contribution in [0.25, 0.3) is 0 Å². The van der Waals surface area contributed by atoms with E-state index in [1.165, 1.54) is 4.80 Å². The van der Waals surface area contributed by atoms with Gasteiger partial charge in [0.25, 0.3) is 0 Å². The molecule has 0 spiro atoms. The molecule has 0 unspecified atom stereocenters. The van der Waals surface area contributed by atoms with Gasteiger partial charge < -0.3 is 5.32 Å². The first-order valence-electron chi connectivity index (χ1n) is 3.61. The normalized spacial score (nSPS) is 10.2. The Morgan fingerprint density at radius 3 is 2.92 bits per heavy atom. The van der Waals surface area contributed by atoms with Gasteiger partial charge in [-0.25, -0.2) is 0 Å². The molecule has 6 heteroatoms. The molecule has 1 N–H and O–H groups in total. The van der Waals surface area contributed by atoms with Crippen molar-refractivity contribution in [1.82, 2.24) is 25.5 Å². The van der Waals surface area contributed by atoms with Gasteiger partial charge in [0.15, 0.2) is 11.6 Å². The zero-order valence-corrected chi connectivity index (χ0v) is 7.11. The Labute approximate surface area is 70.0 Å². The Morgan fingerprint density at radius 1 is 1.67 bits per heavy atom. The predicted octanol–water partition coefficient (Wildman–Crippen LogP) is -1.46. The van der Waals surface area contributed by atoms with Gasteiger partial charge in [-0.05, 0) is 12.3 Å². The molecule has 0 fully saturated rings. The van der Waals surface area contributed by atoms with Crippen LogP contribution in [0, 0.1) is 0 Å². The number of aromatic nitrogens is 4. The zero-order valence-electron chi connectivity index (χ0n) is 7.11. The molecule has 0 bridgehead atoms. The number of Topliss-reactive ketones (excluding diaryl/α,β-unsaturated/α-hetero) is 1. The lowest BCUT2D eigenvalue weighted by Crippen LogP contribution is -2.20. The Kier molecular flexibility index (Phi) is 2.87. The third kappa shape index (κ3) is 2.39. The first kappa shape index (κ1) is 8.79. The third-order valence-corrected chi connectivity index (χ3v) is 1.28. The van der Waals surface area contributed by atoms with E-state index in [-0.39, 0.29) is 12.2 Å². The van der Waals surface area contributed by atoms with Crippen molar-refractivity contribution in [3.8, 4) is 0 Å². The molecule has 6 nitrogen and oxygen atoms in total. The number of carbonyl (C=O) groups is 1. The first-order chi connectivity index (χ1) is 5.72. The Balaban J connectivity index is 2.46. The lowest BCUT2D eigenvalue weighted by Gasteiger charge is -1.93. The van der Waals surface area contributed by atoms with Crippen LogP contribution in [-0.2, 0) is 18.3 Å². The summed E-state index contributed by atoms with van der Waals surface area (Å²) in [4.78, 5) is 12.4. The number of hydrogen-bond acceptors (Lipinski definition) is 5. The number of ketones is 1. The van der Waals surface area contributed by atoms with Crippen molar-refractivity contribution in [2.75, 3.05) is 13.6 Å². The standard InChI is InChI=1S/C6H11N5O/c1-7-4-5(12)3-6-8-10-11(2)9-6/h7H,3-4H2,1-2H3. The highest BCUT2D eigenvalue weighted by Crippen LogP contribution is 1.87. The number of tetrazole rings is 1. The van der Waals surface area contributed by atoms with Gasteiger partial charge in [0.1, 0.15) is 0 Å². The fraction of sp³-hybridized carbons (Fsp3) is 0.667. The number of aryl methyl sites for hydroxylation is 1. The molecule has 0 saturated carbocycles. The van der Waals surface area contributed by atoms with E-state index in [2.05, 4.69) is 20.7 Å². The van der Waals surface area contributed by atoms with E-state index in [1.54, 1.807) is 14.1 Å². The van der Waals surface area contributed by atoms with E-state index in [0.29, 0.717) is 12.4 Å². The van der Waals surface area contributed by atoms with Gasteiger partial charge in [-0.1, -0.05) is 0 Å². The second kappa shape index (κ2) is 3.91. The van der Waals surface area contributed by atoms with Crippen LogP contribution in [-0.4, -0.2) is 39.6 Å². The topological polar surface area (TPSA) is 72.7 Å². The fourth-order valence-electron chi connectivity index (χ4n) is 0.830. The van der Waals surface area contributed by atoms with Crippen LogP contribution >= 0.6 is 0 Å². The number of nitrogens with one attached hydrogen (secondary N) is 1. The van der Waals surface area contributed by atoms with Crippen LogP contribution in [0.15, 0.2) is 0 Å². The summed E-state index contributed by atoms with van der Waals surface area (Å²) >= 11 is 0. The Bertz CT molecular complexity index is 269. The van der Waals surface area contributed by atoms with Crippen molar-refractivity contribution in [3.63, 3.8) is 0 Å². The van der Waals surface area contributed by atoms with Crippen molar-refractivity contribution in [2.45, 2.75) is 6.42 Å². The Morgan fingerprint density at radius 2 is 2.42 bits per heavy atom. The van der Waals surface area contributed by atoms with Crippen molar-refractivity contribution < 1.29 is 4.79 Å². The number of rotatable bonds is 4. The monoisotopic (exact) mass is 169 g/mol. The molecule has 0 saturated heterocycles. The van der Waals surface area contributed by atoms with E-state index in [9.17, 15) is 4.79 Å². The first-order valence-corrected chi connectivity index (χ1v) is 3.61. The second-order valence-electron chi connectivity index (χ2n) is 2.44. The smallest absolute Gasteiger partial charge is 0.182 e. The van der Waals surface area contributed by atoms with Crippen LogP contribution in [0.3, 0.4) is 0 Å². The maximum Gasteiger partial charge on any atom is 0.182 e. The lowest BCUT2D eigenvalue weighted by molar-refractivity contribution is -0.117. The van der Waals surface area contributed by atoms with Gasteiger partial charge >= 0.3 is 0 Å². The SMILES string of the molecule is CNCC(=O)Cc1nnn(C)n1. The minimum Gasteiger partial charge on any atom is -0.313 e. The molecule has 0 aliphatic carbocycles. The summed E-state index contributed by atoms with van der Waals surface area (Å²) < 4.78 is 0. The molecule has 12 heavy (non-hydrogen) atoms. The summed E-state index contributed by atoms with van der Waals surface area (Å²) in [6.07, 6.45) is 0.245. The van der Waals surface area contributed by atoms with Gasteiger partial charge in [-0.15, -0.1) is 10.2 Å². The van der Waals surface area contributed by atoms with Crippen molar-refractivity contribution in [3.05, 3.63) is 5.82 Å². The molecule has 0 radical (unpaired) electrons. The Hall–Kier alpha value is -1.30. The van der Waals surface area contributed by atoms with Crippen LogP contribution in [0.4, 0.5) is 0 Å². The van der Waals surface area contributed by atoms with E-state index >= 15 is 0 Å².